The fourth-order valence-corrected chi connectivity index (χ4v) is 2.04. The Balaban J connectivity index is 2.08. The summed E-state index contributed by atoms with van der Waals surface area (Å²) in [7, 11) is 0. The van der Waals surface area contributed by atoms with Crippen LogP contribution in [0.3, 0.4) is 0 Å². The number of nitrogen functional groups attached to an aromatic ring is 1. The van der Waals surface area contributed by atoms with E-state index in [-0.39, 0.29) is 12.3 Å². The standard InChI is InChI=1S/C16H21N3O3/c17-7-6-11-4-5-14(19)15(8-11)21-22-16(10-18)12-2-1-3-13(20)9-12/h1-5,8-9,16,20H,6-7,10,17-19H2. The summed E-state index contributed by atoms with van der Waals surface area (Å²) < 4.78 is 0. The predicted octanol–water partition coefficient (Wildman–Crippen LogP) is 1.49. The van der Waals surface area contributed by atoms with Gasteiger partial charge in [0.15, 0.2) is 5.75 Å². The van der Waals surface area contributed by atoms with Gasteiger partial charge in [-0.3, -0.25) is 0 Å². The van der Waals surface area contributed by atoms with Gasteiger partial charge in [-0.05, 0) is 48.4 Å². The molecule has 0 amide bonds. The Morgan fingerprint density at radius 1 is 1.09 bits per heavy atom. The fraction of sp³-hybridized carbons (Fsp3) is 0.250. The van der Waals surface area contributed by atoms with Crippen LogP contribution < -0.4 is 22.1 Å². The van der Waals surface area contributed by atoms with Crippen molar-refractivity contribution < 1.29 is 14.9 Å². The summed E-state index contributed by atoms with van der Waals surface area (Å²) in [4.78, 5) is 10.7. The number of hydrogen-bond donors (Lipinski definition) is 4. The number of nitrogens with two attached hydrogens (primary N) is 3. The molecule has 7 N–H and O–H groups in total. The van der Waals surface area contributed by atoms with Crippen LogP contribution in [-0.4, -0.2) is 18.2 Å². The van der Waals surface area contributed by atoms with E-state index in [0.29, 0.717) is 18.0 Å². The van der Waals surface area contributed by atoms with E-state index in [1.165, 1.54) is 0 Å². The average molecular weight is 303 g/mol. The lowest BCUT2D eigenvalue weighted by atomic mass is 10.1. The van der Waals surface area contributed by atoms with Crippen molar-refractivity contribution >= 4 is 5.69 Å². The zero-order chi connectivity index (χ0) is 15.9. The van der Waals surface area contributed by atoms with Crippen LogP contribution in [0.25, 0.3) is 0 Å². The van der Waals surface area contributed by atoms with E-state index in [0.717, 1.165) is 17.5 Å². The van der Waals surface area contributed by atoms with Crippen molar-refractivity contribution in [1.82, 2.24) is 0 Å². The van der Waals surface area contributed by atoms with E-state index in [1.807, 2.05) is 6.07 Å². The number of anilines is 1. The van der Waals surface area contributed by atoms with E-state index in [9.17, 15) is 5.11 Å². The topological polar surface area (TPSA) is 117 Å². The first kappa shape index (κ1) is 16.1. The van der Waals surface area contributed by atoms with Crippen LogP contribution in [0.5, 0.6) is 11.5 Å². The predicted molar refractivity (Wildman–Crippen MR) is 85.2 cm³/mol. The second kappa shape index (κ2) is 7.65. The molecule has 1 atom stereocenters. The molecule has 22 heavy (non-hydrogen) atoms. The Morgan fingerprint density at radius 3 is 2.59 bits per heavy atom. The molecule has 0 aliphatic carbocycles. The third kappa shape index (κ3) is 4.11. The summed E-state index contributed by atoms with van der Waals surface area (Å²) in [5.41, 5.74) is 19.3. The molecule has 118 valence electrons. The van der Waals surface area contributed by atoms with Gasteiger partial charge in [-0.1, -0.05) is 18.2 Å². The molecule has 0 aliphatic heterocycles. The summed E-state index contributed by atoms with van der Waals surface area (Å²) in [6.07, 6.45) is 0.216. The number of rotatable bonds is 7. The van der Waals surface area contributed by atoms with Gasteiger partial charge in [0.1, 0.15) is 11.9 Å². The molecule has 0 bridgehead atoms. The molecule has 0 saturated carbocycles. The van der Waals surface area contributed by atoms with Crippen molar-refractivity contribution in [2.24, 2.45) is 11.5 Å². The number of aromatic hydroxyl groups is 1. The van der Waals surface area contributed by atoms with Gasteiger partial charge >= 0.3 is 0 Å². The largest absolute Gasteiger partial charge is 0.508 e. The molecule has 0 saturated heterocycles. The maximum atomic E-state index is 9.51. The van der Waals surface area contributed by atoms with Gasteiger partial charge in [-0.2, -0.15) is 4.89 Å². The Hall–Kier alpha value is -2.28. The minimum atomic E-state index is -0.510. The molecule has 0 radical (unpaired) electrons. The number of phenolic OH excluding ortho intramolecular Hbond substituents is 1. The van der Waals surface area contributed by atoms with Gasteiger partial charge in [0, 0.05) is 6.54 Å². The van der Waals surface area contributed by atoms with Crippen LogP contribution in [0.1, 0.15) is 17.2 Å². The van der Waals surface area contributed by atoms with E-state index in [1.54, 1.807) is 36.4 Å². The van der Waals surface area contributed by atoms with Crippen LogP contribution in [0.2, 0.25) is 0 Å². The highest BCUT2D eigenvalue weighted by atomic mass is 17.2. The van der Waals surface area contributed by atoms with Gasteiger partial charge in [-0.25, -0.2) is 0 Å². The average Bonchev–Trinajstić information content (AvgIpc) is 2.51. The summed E-state index contributed by atoms with van der Waals surface area (Å²) in [5.74, 6) is 0.563. The lowest BCUT2D eigenvalue weighted by molar-refractivity contribution is -0.244. The highest BCUT2D eigenvalue weighted by molar-refractivity contribution is 5.53. The lowest BCUT2D eigenvalue weighted by Crippen LogP contribution is -2.18. The van der Waals surface area contributed by atoms with Crippen molar-refractivity contribution in [3.05, 3.63) is 53.6 Å². The molecule has 0 fully saturated rings. The smallest absolute Gasteiger partial charge is 0.188 e. The first-order valence-electron chi connectivity index (χ1n) is 7.05. The third-order valence-corrected chi connectivity index (χ3v) is 3.22. The lowest BCUT2D eigenvalue weighted by Gasteiger charge is -2.16. The van der Waals surface area contributed by atoms with Crippen LogP contribution in [0, 0.1) is 0 Å². The van der Waals surface area contributed by atoms with Crippen LogP contribution in [0.15, 0.2) is 42.5 Å². The number of phenols is 1. The monoisotopic (exact) mass is 303 g/mol. The Bertz CT molecular complexity index is 619. The quantitative estimate of drug-likeness (QED) is 0.350. The van der Waals surface area contributed by atoms with Crippen molar-refractivity contribution in [2.75, 3.05) is 18.8 Å². The molecule has 6 nitrogen and oxygen atoms in total. The molecule has 2 aromatic carbocycles. The molecule has 0 heterocycles. The summed E-state index contributed by atoms with van der Waals surface area (Å²) in [6.45, 7) is 0.741. The highest BCUT2D eigenvalue weighted by Crippen LogP contribution is 2.26. The molecule has 0 aromatic heterocycles. The molecule has 0 spiro atoms. The molecule has 2 aromatic rings. The SMILES string of the molecule is NCCc1ccc(N)c(OOC(CN)c2cccc(O)c2)c1. The number of benzene rings is 2. The van der Waals surface area contributed by atoms with Gasteiger partial charge in [0.25, 0.3) is 0 Å². The fourth-order valence-electron chi connectivity index (χ4n) is 2.04. The number of hydrogen-bond acceptors (Lipinski definition) is 6. The van der Waals surface area contributed by atoms with Gasteiger partial charge in [0.2, 0.25) is 0 Å². The first-order chi connectivity index (χ1) is 10.6. The summed E-state index contributed by atoms with van der Waals surface area (Å²) >= 11 is 0. The van der Waals surface area contributed by atoms with E-state index in [4.69, 9.17) is 27.0 Å². The molecule has 2 rings (SSSR count). The van der Waals surface area contributed by atoms with E-state index < -0.39 is 6.10 Å². The van der Waals surface area contributed by atoms with Crippen LogP contribution in [-0.2, 0) is 11.3 Å². The maximum absolute atomic E-state index is 9.51. The minimum Gasteiger partial charge on any atom is -0.508 e. The Morgan fingerprint density at radius 2 is 1.91 bits per heavy atom. The second-order valence-electron chi connectivity index (χ2n) is 4.91. The Kier molecular flexibility index (Phi) is 5.60. The summed E-state index contributed by atoms with van der Waals surface area (Å²) in [6, 6.07) is 12.1. The Labute approximate surface area is 129 Å². The van der Waals surface area contributed by atoms with Crippen molar-refractivity contribution in [3.63, 3.8) is 0 Å². The van der Waals surface area contributed by atoms with Crippen molar-refractivity contribution in [2.45, 2.75) is 12.5 Å². The zero-order valence-corrected chi connectivity index (χ0v) is 12.2. The van der Waals surface area contributed by atoms with Gasteiger partial charge in [0.05, 0.1) is 5.69 Å². The maximum Gasteiger partial charge on any atom is 0.188 e. The molecule has 1 unspecified atom stereocenters. The second-order valence-corrected chi connectivity index (χ2v) is 4.91. The third-order valence-electron chi connectivity index (χ3n) is 3.22. The van der Waals surface area contributed by atoms with E-state index in [2.05, 4.69) is 0 Å². The van der Waals surface area contributed by atoms with Crippen LogP contribution >= 0.6 is 0 Å². The highest BCUT2D eigenvalue weighted by Gasteiger charge is 2.14. The molecular weight excluding hydrogens is 282 g/mol. The zero-order valence-electron chi connectivity index (χ0n) is 12.2. The van der Waals surface area contributed by atoms with E-state index >= 15 is 0 Å². The normalized spacial score (nSPS) is 12.1. The van der Waals surface area contributed by atoms with Gasteiger partial charge in [-0.15, -0.1) is 0 Å². The molecule has 0 aliphatic rings. The van der Waals surface area contributed by atoms with Crippen molar-refractivity contribution in [3.8, 4) is 11.5 Å². The summed E-state index contributed by atoms with van der Waals surface area (Å²) in [5, 5.41) is 9.51. The van der Waals surface area contributed by atoms with Crippen molar-refractivity contribution in [1.29, 1.82) is 0 Å². The van der Waals surface area contributed by atoms with Crippen LogP contribution in [0.4, 0.5) is 5.69 Å². The first-order valence-corrected chi connectivity index (χ1v) is 7.05. The molecular formula is C16H21N3O3. The molecule has 6 heteroatoms. The minimum absolute atomic E-state index is 0.143. The van der Waals surface area contributed by atoms with Gasteiger partial charge < -0.3 is 27.2 Å².